The number of likely N-dealkylation sites (N-methyl/N-ethyl adjacent to an activating group) is 1. The van der Waals surface area contributed by atoms with Crippen LogP contribution in [0.25, 0.3) is 0 Å². The summed E-state index contributed by atoms with van der Waals surface area (Å²) in [5.74, 6) is 0.442. The summed E-state index contributed by atoms with van der Waals surface area (Å²) in [6.45, 7) is 3.42. The van der Waals surface area contributed by atoms with Gasteiger partial charge in [-0.25, -0.2) is 0 Å². The van der Waals surface area contributed by atoms with Crippen molar-refractivity contribution < 1.29 is 9.32 Å². The zero-order valence-corrected chi connectivity index (χ0v) is 9.68. The van der Waals surface area contributed by atoms with Crippen molar-refractivity contribution in [3.8, 4) is 0 Å². The molecule has 2 N–H and O–H groups in total. The van der Waals surface area contributed by atoms with E-state index in [1.165, 1.54) is 12.8 Å². The Morgan fingerprint density at radius 2 is 2.14 bits per heavy atom. The highest BCUT2D eigenvalue weighted by Gasteiger charge is 2.22. The second-order valence-electron chi connectivity index (χ2n) is 3.92. The Morgan fingerprint density at radius 1 is 1.50 bits per heavy atom. The van der Waals surface area contributed by atoms with Crippen molar-refractivity contribution >= 4 is 10.8 Å². The number of aliphatic hydroxyl groups excluding tert-OH is 1. The lowest BCUT2D eigenvalue weighted by molar-refractivity contribution is 0.195. The first-order valence-electron chi connectivity index (χ1n) is 5.50. The molecule has 0 bridgehead atoms. The van der Waals surface area contributed by atoms with Gasteiger partial charge in [0.25, 0.3) is 0 Å². The number of hydrogen-bond donors (Lipinski definition) is 2. The normalized spacial score (nSPS) is 22.4. The van der Waals surface area contributed by atoms with Crippen LogP contribution in [0.4, 0.5) is 0 Å². The Morgan fingerprint density at radius 3 is 2.71 bits per heavy atom. The van der Waals surface area contributed by atoms with Gasteiger partial charge in [0.1, 0.15) is 0 Å². The molecule has 0 spiro atoms. The van der Waals surface area contributed by atoms with Crippen LogP contribution in [0.1, 0.15) is 32.6 Å². The van der Waals surface area contributed by atoms with Gasteiger partial charge >= 0.3 is 0 Å². The first kappa shape index (κ1) is 12.1. The Balaban J connectivity index is 2.18. The second kappa shape index (κ2) is 6.53. The molecule has 0 saturated heterocycles. The first-order valence-corrected chi connectivity index (χ1v) is 6.88. The molecule has 0 heterocycles. The average Bonchev–Trinajstić information content (AvgIpc) is 2.67. The molecule has 2 atom stereocenters. The molecular weight excluding hydrogens is 198 g/mol. The van der Waals surface area contributed by atoms with Crippen LogP contribution in [0.2, 0.25) is 0 Å². The van der Waals surface area contributed by atoms with Gasteiger partial charge in [-0.1, -0.05) is 19.8 Å². The van der Waals surface area contributed by atoms with E-state index in [9.17, 15) is 9.32 Å². The minimum atomic E-state index is -0.819. The van der Waals surface area contributed by atoms with Gasteiger partial charge in [-0.2, -0.15) is 0 Å². The molecule has 0 aliphatic heterocycles. The van der Waals surface area contributed by atoms with Crippen LogP contribution in [-0.2, 0) is 10.8 Å². The molecule has 84 valence electrons. The third-order valence-electron chi connectivity index (χ3n) is 2.66. The van der Waals surface area contributed by atoms with Crippen molar-refractivity contribution in [3.05, 3.63) is 0 Å². The molecule has 4 heteroatoms. The van der Waals surface area contributed by atoms with Crippen LogP contribution in [0, 0.1) is 0 Å². The highest BCUT2D eigenvalue weighted by molar-refractivity contribution is 7.85. The van der Waals surface area contributed by atoms with E-state index in [1.54, 1.807) is 0 Å². The Kier molecular flexibility index (Phi) is 5.67. The van der Waals surface area contributed by atoms with Crippen molar-refractivity contribution in [1.29, 1.82) is 0 Å². The van der Waals surface area contributed by atoms with E-state index in [0.717, 1.165) is 19.4 Å². The molecule has 0 radical (unpaired) electrons. The van der Waals surface area contributed by atoms with Crippen LogP contribution in [0.15, 0.2) is 0 Å². The van der Waals surface area contributed by atoms with Gasteiger partial charge < -0.3 is 10.4 Å². The van der Waals surface area contributed by atoms with Crippen molar-refractivity contribution in [2.45, 2.75) is 44.0 Å². The number of hydrogen-bond acceptors (Lipinski definition) is 3. The maximum absolute atomic E-state index is 11.7. The number of rotatable bonds is 6. The summed E-state index contributed by atoms with van der Waals surface area (Å²) in [7, 11) is -0.819. The summed E-state index contributed by atoms with van der Waals surface area (Å²) >= 11 is 0. The van der Waals surface area contributed by atoms with Crippen LogP contribution in [-0.4, -0.2) is 39.5 Å². The summed E-state index contributed by atoms with van der Waals surface area (Å²) in [6, 6.07) is 0. The number of nitrogens with one attached hydrogen (secondary N) is 1. The minimum absolute atomic E-state index is 0.353. The topological polar surface area (TPSA) is 49.3 Å². The molecule has 0 amide bonds. The summed E-state index contributed by atoms with van der Waals surface area (Å²) in [5.41, 5.74) is 0. The van der Waals surface area contributed by atoms with Gasteiger partial charge in [-0.05, 0) is 19.4 Å². The van der Waals surface area contributed by atoms with Gasteiger partial charge in [0.15, 0.2) is 0 Å². The molecule has 1 aliphatic carbocycles. The lowest BCUT2D eigenvalue weighted by Gasteiger charge is -2.13. The highest BCUT2D eigenvalue weighted by atomic mass is 32.2. The number of aliphatic hydroxyl groups is 1. The Bertz CT molecular complexity index is 181. The van der Waals surface area contributed by atoms with E-state index in [0.29, 0.717) is 17.5 Å². The van der Waals surface area contributed by atoms with Crippen LogP contribution in [0.5, 0.6) is 0 Å². The van der Waals surface area contributed by atoms with E-state index < -0.39 is 16.9 Å². The summed E-state index contributed by atoms with van der Waals surface area (Å²) in [6.07, 6.45) is 4.14. The maximum atomic E-state index is 11.7. The quantitative estimate of drug-likeness (QED) is 0.689. The van der Waals surface area contributed by atoms with Crippen molar-refractivity contribution in [1.82, 2.24) is 5.32 Å². The van der Waals surface area contributed by atoms with E-state index in [4.69, 9.17) is 0 Å². The van der Waals surface area contributed by atoms with Crippen LogP contribution < -0.4 is 5.32 Å². The molecule has 0 aromatic rings. The SMILES string of the molecule is CCNCC(O)CS(=O)C1CCCC1. The van der Waals surface area contributed by atoms with Crippen LogP contribution in [0.3, 0.4) is 0 Å². The molecule has 0 aromatic carbocycles. The standard InChI is InChI=1S/C10H21NO2S/c1-2-11-7-9(12)8-14(13)10-5-3-4-6-10/h9-12H,2-8H2,1H3. The minimum Gasteiger partial charge on any atom is -0.391 e. The average molecular weight is 219 g/mol. The third-order valence-corrected chi connectivity index (χ3v) is 4.59. The van der Waals surface area contributed by atoms with Crippen molar-refractivity contribution in [2.75, 3.05) is 18.8 Å². The summed E-state index contributed by atoms with van der Waals surface area (Å²) < 4.78 is 11.7. The third kappa shape index (κ3) is 4.07. The predicted octanol–water partition coefficient (Wildman–Crippen LogP) is 0.648. The predicted molar refractivity (Wildman–Crippen MR) is 59.8 cm³/mol. The smallest absolute Gasteiger partial charge is 0.0779 e. The first-order chi connectivity index (χ1) is 6.74. The fourth-order valence-corrected chi connectivity index (χ4v) is 3.48. The zero-order chi connectivity index (χ0) is 10.4. The molecule has 1 rings (SSSR count). The van der Waals surface area contributed by atoms with Crippen molar-refractivity contribution in [2.24, 2.45) is 0 Å². The zero-order valence-electron chi connectivity index (χ0n) is 8.87. The van der Waals surface area contributed by atoms with E-state index in [-0.39, 0.29) is 0 Å². The van der Waals surface area contributed by atoms with Gasteiger partial charge in [0, 0.05) is 22.6 Å². The van der Waals surface area contributed by atoms with E-state index >= 15 is 0 Å². The van der Waals surface area contributed by atoms with Gasteiger partial charge in [0.05, 0.1) is 11.9 Å². The molecule has 1 saturated carbocycles. The van der Waals surface area contributed by atoms with E-state index in [1.807, 2.05) is 6.92 Å². The molecule has 3 nitrogen and oxygen atoms in total. The summed E-state index contributed by atoms with van der Waals surface area (Å²) in [5, 5.41) is 13.0. The fourth-order valence-electron chi connectivity index (χ4n) is 1.85. The Hall–Kier alpha value is 0.0700. The molecule has 1 fully saturated rings. The van der Waals surface area contributed by atoms with Crippen molar-refractivity contribution in [3.63, 3.8) is 0 Å². The molecule has 2 unspecified atom stereocenters. The molecular formula is C10H21NO2S. The fraction of sp³-hybridized carbons (Fsp3) is 1.00. The summed E-state index contributed by atoms with van der Waals surface area (Å²) in [4.78, 5) is 0. The highest BCUT2D eigenvalue weighted by Crippen LogP contribution is 2.23. The largest absolute Gasteiger partial charge is 0.391 e. The molecule has 1 aliphatic rings. The second-order valence-corrected chi connectivity index (χ2v) is 5.68. The molecule has 0 aromatic heterocycles. The lowest BCUT2D eigenvalue weighted by atomic mass is 10.4. The van der Waals surface area contributed by atoms with Gasteiger partial charge in [-0.3, -0.25) is 4.21 Å². The van der Waals surface area contributed by atoms with Gasteiger partial charge in [0.2, 0.25) is 0 Å². The monoisotopic (exact) mass is 219 g/mol. The Labute approximate surface area is 88.7 Å². The van der Waals surface area contributed by atoms with E-state index in [2.05, 4.69) is 5.32 Å². The molecule has 14 heavy (non-hydrogen) atoms. The van der Waals surface area contributed by atoms with Crippen LogP contribution >= 0.6 is 0 Å². The lowest BCUT2D eigenvalue weighted by Crippen LogP contribution is -2.32. The maximum Gasteiger partial charge on any atom is 0.0779 e. The van der Waals surface area contributed by atoms with Gasteiger partial charge in [-0.15, -0.1) is 0 Å².